The van der Waals surface area contributed by atoms with Crippen molar-refractivity contribution in [2.24, 2.45) is 0 Å². The first-order chi connectivity index (χ1) is 8.27. The van der Waals surface area contributed by atoms with Crippen LogP contribution in [-0.2, 0) is 0 Å². The first-order valence-electron chi connectivity index (χ1n) is 6.36. The van der Waals surface area contributed by atoms with Crippen LogP contribution in [0.3, 0.4) is 0 Å². The summed E-state index contributed by atoms with van der Waals surface area (Å²) in [5.74, 6) is -0.112. The van der Waals surface area contributed by atoms with Crippen molar-refractivity contribution in [3.63, 3.8) is 0 Å². The van der Waals surface area contributed by atoms with Crippen molar-refractivity contribution in [1.82, 2.24) is 0 Å². The maximum absolute atomic E-state index is 13.4. The average molecular weight is 238 g/mol. The zero-order chi connectivity index (χ0) is 12.1. The van der Waals surface area contributed by atoms with Crippen LogP contribution in [0.1, 0.15) is 38.5 Å². The van der Waals surface area contributed by atoms with Crippen LogP contribution in [0.4, 0.5) is 4.39 Å². The number of halogens is 1. The molecule has 1 saturated carbocycles. The highest BCUT2D eigenvalue weighted by atomic mass is 19.1. The summed E-state index contributed by atoms with van der Waals surface area (Å²) >= 11 is 0. The van der Waals surface area contributed by atoms with Crippen molar-refractivity contribution in [3.8, 4) is 5.75 Å². The molecule has 0 spiro atoms. The van der Waals surface area contributed by atoms with Gasteiger partial charge in [0, 0.05) is 0 Å². The van der Waals surface area contributed by atoms with Crippen molar-refractivity contribution in [3.05, 3.63) is 30.1 Å². The molecule has 2 unspecified atom stereocenters. The highest BCUT2D eigenvalue weighted by molar-refractivity contribution is 5.24. The van der Waals surface area contributed by atoms with E-state index >= 15 is 0 Å². The predicted molar refractivity (Wildman–Crippen MR) is 64.5 cm³/mol. The average Bonchev–Trinajstić information content (AvgIpc) is 2.31. The van der Waals surface area contributed by atoms with Gasteiger partial charge in [-0.25, -0.2) is 4.39 Å². The summed E-state index contributed by atoms with van der Waals surface area (Å²) in [7, 11) is 0. The number of aliphatic hydroxyl groups is 1. The molecule has 94 valence electrons. The molecule has 3 heteroatoms. The van der Waals surface area contributed by atoms with Crippen molar-refractivity contribution >= 4 is 0 Å². The minimum absolute atomic E-state index is 0.247. The Morgan fingerprint density at radius 3 is 2.53 bits per heavy atom. The fourth-order valence-corrected chi connectivity index (χ4v) is 2.27. The summed E-state index contributed by atoms with van der Waals surface area (Å²) in [6.07, 6.45) is 5.21. The second-order valence-corrected chi connectivity index (χ2v) is 4.65. The third-order valence-electron chi connectivity index (χ3n) is 3.28. The molecule has 2 atom stereocenters. The number of rotatable bonds is 2. The summed E-state index contributed by atoms with van der Waals surface area (Å²) in [4.78, 5) is 0. The number of ether oxygens (including phenoxy) is 1. The van der Waals surface area contributed by atoms with Crippen LogP contribution in [0.5, 0.6) is 5.75 Å². The van der Waals surface area contributed by atoms with E-state index in [0.717, 1.165) is 25.7 Å². The predicted octanol–water partition coefficient (Wildman–Crippen LogP) is 3.29. The quantitative estimate of drug-likeness (QED) is 0.856. The van der Waals surface area contributed by atoms with Crippen LogP contribution in [0, 0.1) is 5.82 Å². The van der Waals surface area contributed by atoms with Gasteiger partial charge >= 0.3 is 0 Å². The Labute approximate surface area is 101 Å². The Morgan fingerprint density at radius 2 is 1.76 bits per heavy atom. The topological polar surface area (TPSA) is 29.5 Å². The number of aliphatic hydroxyl groups excluding tert-OH is 1. The first kappa shape index (κ1) is 12.4. The van der Waals surface area contributed by atoms with Crippen LogP contribution < -0.4 is 4.74 Å². The summed E-state index contributed by atoms with van der Waals surface area (Å²) < 4.78 is 19.1. The van der Waals surface area contributed by atoms with Crippen molar-refractivity contribution in [1.29, 1.82) is 0 Å². The molecular weight excluding hydrogens is 219 g/mol. The first-order valence-corrected chi connectivity index (χ1v) is 6.36. The van der Waals surface area contributed by atoms with Crippen molar-refractivity contribution in [2.45, 2.75) is 50.7 Å². The van der Waals surface area contributed by atoms with E-state index in [1.807, 2.05) is 0 Å². The highest BCUT2D eigenvalue weighted by Gasteiger charge is 2.23. The second-order valence-electron chi connectivity index (χ2n) is 4.65. The number of hydrogen-bond donors (Lipinski definition) is 1. The van der Waals surface area contributed by atoms with Gasteiger partial charge in [0.15, 0.2) is 11.6 Å². The van der Waals surface area contributed by atoms with Gasteiger partial charge in [0.1, 0.15) is 6.10 Å². The molecule has 1 aliphatic carbocycles. The van der Waals surface area contributed by atoms with Gasteiger partial charge in [-0.1, -0.05) is 31.4 Å². The van der Waals surface area contributed by atoms with E-state index in [1.54, 1.807) is 18.2 Å². The lowest BCUT2D eigenvalue weighted by Crippen LogP contribution is -2.32. The maximum Gasteiger partial charge on any atom is 0.165 e. The van der Waals surface area contributed by atoms with Crippen molar-refractivity contribution < 1.29 is 14.2 Å². The van der Waals surface area contributed by atoms with E-state index in [0.29, 0.717) is 0 Å². The van der Waals surface area contributed by atoms with Gasteiger partial charge in [0.2, 0.25) is 0 Å². The Kier molecular flexibility index (Phi) is 4.37. The SMILES string of the molecule is OC1CCCCCCC1Oc1ccccc1F. The zero-order valence-corrected chi connectivity index (χ0v) is 9.94. The third-order valence-corrected chi connectivity index (χ3v) is 3.28. The lowest BCUT2D eigenvalue weighted by molar-refractivity contribution is 0.0167. The molecule has 0 saturated heterocycles. The van der Waals surface area contributed by atoms with Crippen LogP contribution in [-0.4, -0.2) is 17.3 Å². The number of benzene rings is 1. The third kappa shape index (κ3) is 3.43. The van der Waals surface area contributed by atoms with Gasteiger partial charge < -0.3 is 9.84 Å². The normalized spacial score (nSPS) is 26.0. The van der Waals surface area contributed by atoms with Gasteiger partial charge in [-0.2, -0.15) is 0 Å². The van der Waals surface area contributed by atoms with Crippen LogP contribution in [0.25, 0.3) is 0 Å². The molecule has 1 aliphatic rings. The molecule has 0 aliphatic heterocycles. The Balaban J connectivity index is 2.02. The van der Waals surface area contributed by atoms with E-state index in [-0.39, 0.29) is 17.7 Å². The smallest absolute Gasteiger partial charge is 0.165 e. The second kappa shape index (κ2) is 6.01. The molecule has 0 radical (unpaired) electrons. The van der Waals surface area contributed by atoms with Crippen LogP contribution in [0.2, 0.25) is 0 Å². The molecule has 0 bridgehead atoms. The molecule has 1 N–H and O–H groups in total. The van der Waals surface area contributed by atoms with Gasteiger partial charge in [0.05, 0.1) is 6.10 Å². The summed E-state index contributed by atoms with van der Waals surface area (Å²) in [6, 6.07) is 6.37. The lowest BCUT2D eigenvalue weighted by atomic mass is 9.96. The zero-order valence-electron chi connectivity index (χ0n) is 9.94. The van der Waals surface area contributed by atoms with Gasteiger partial charge in [-0.3, -0.25) is 0 Å². The Morgan fingerprint density at radius 1 is 1.06 bits per heavy atom. The molecule has 17 heavy (non-hydrogen) atoms. The van der Waals surface area contributed by atoms with Gasteiger partial charge in [0.25, 0.3) is 0 Å². The Bertz CT molecular complexity index is 354. The molecule has 1 fully saturated rings. The molecule has 0 amide bonds. The molecular formula is C14H19FO2. The maximum atomic E-state index is 13.4. The van der Waals surface area contributed by atoms with E-state index in [4.69, 9.17) is 4.74 Å². The molecule has 0 heterocycles. The standard InChI is InChI=1S/C14H19FO2/c15-11-7-5-6-9-13(11)17-14-10-4-2-1-3-8-12(14)16/h5-7,9,12,14,16H,1-4,8,10H2. The fourth-order valence-electron chi connectivity index (χ4n) is 2.27. The molecule has 0 aromatic heterocycles. The summed E-state index contributed by atoms with van der Waals surface area (Å²) in [5.41, 5.74) is 0. The monoisotopic (exact) mass is 238 g/mol. The molecule has 1 aromatic rings. The minimum atomic E-state index is -0.477. The highest BCUT2D eigenvalue weighted by Crippen LogP contribution is 2.24. The fraction of sp³-hybridized carbons (Fsp3) is 0.571. The van der Waals surface area contributed by atoms with Crippen LogP contribution >= 0.6 is 0 Å². The number of para-hydroxylation sites is 1. The van der Waals surface area contributed by atoms with E-state index in [9.17, 15) is 9.50 Å². The Hall–Kier alpha value is -1.09. The van der Waals surface area contributed by atoms with Gasteiger partial charge in [-0.05, 0) is 31.4 Å². The molecule has 2 rings (SSSR count). The largest absolute Gasteiger partial charge is 0.485 e. The van der Waals surface area contributed by atoms with E-state index in [1.165, 1.54) is 18.9 Å². The van der Waals surface area contributed by atoms with E-state index < -0.39 is 6.10 Å². The lowest BCUT2D eigenvalue weighted by Gasteiger charge is -2.26. The molecule has 2 nitrogen and oxygen atoms in total. The van der Waals surface area contributed by atoms with Crippen molar-refractivity contribution in [2.75, 3.05) is 0 Å². The van der Waals surface area contributed by atoms with E-state index in [2.05, 4.69) is 0 Å². The summed E-state index contributed by atoms with van der Waals surface area (Å²) in [5, 5.41) is 9.98. The number of hydrogen-bond acceptors (Lipinski definition) is 2. The summed E-state index contributed by atoms with van der Waals surface area (Å²) in [6.45, 7) is 0. The molecule has 1 aromatic carbocycles. The van der Waals surface area contributed by atoms with Crippen LogP contribution in [0.15, 0.2) is 24.3 Å². The van der Waals surface area contributed by atoms with Gasteiger partial charge in [-0.15, -0.1) is 0 Å². The minimum Gasteiger partial charge on any atom is -0.485 e.